The van der Waals surface area contributed by atoms with Gasteiger partial charge in [-0.25, -0.2) is 4.79 Å². The molecule has 7 heteroatoms. The predicted molar refractivity (Wildman–Crippen MR) is 87.8 cm³/mol. The topological polar surface area (TPSA) is 73.9 Å². The smallest absolute Gasteiger partial charge is 0.341 e. The van der Waals surface area contributed by atoms with Crippen LogP contribution in [0.3, 0.4) is 0 Å². The first kappa shape index (κ1) is 16.8. The summed E-state index contributed by atoms with van der Waals surface area (Å²) in [6.45, 7) is 2.00. The Kier molecular flexibility index (Phi) is 5.59. The highest BCUT2D eigenvalue weighted by Crippen LogP contribution is 2.28. The third-order valence-corrected chi connectivity index (χ3v) is 3.87. The molecule has 0 fully saturated rings. The fourth-order valence-electron chi connectivity index (χ4n) is 1.94. The molecule has 0 unspecified atom stereocenters. The molecule has 0 radical (unpaired) electrons. The van der Waals surface area contributed by atoms with E-state index in [9.17, 15) is 9.59 Å². The molecule has 1 aromatic carbocycles. The summed E-state index contributed by atoms with van der Waals surface area (Å²) in [4.78, 5) is 24.4. The van der Waals surface area contributed by atoms with Crippen molar-refractivity contribution in [2.75, 3.05) is 26.1 Å². The second-order valence-corrected chi connectivity index (χ2v) is 5.32. The molecule has 0 aliphatic heterocycles. The molecule has 2 aromatic rings. The number of esters is 1. The first-order valence-corrected chi connectivity index (χ1v) is 7.76. The fourth-order valence-corrected chi connectivity index (χ4v) is 2.71. The van der Waals surface area contributed by atoms with E-state index in [0.29, 0.717) is 27.6 Å². The normalized spacial score (nSPS) is 10.0. The molecule has 0 saturated carbocycles. The predicted octanol–water partition coefficient (Wildman–Crippen LogP) is 3.19. The van der Waals surface area contributed by atoms with Crippen LogP contribution in [0.4, 0.5) is 5.00 Å². The van der Waals surface area contributed by atoms with Crippen molar-refractivity contribution in [2.45, 2.75) is 6.92 Å². The van der Waals surface area contributed by atoms with Crippen LogP contribution in [-0.4, -0.2) is 32.7 Å². The van der Waals surface area contributed by atoms with Gasteiger partial charge >= 0.3 is 5.97 Å². The van der Waals surface area contributed by atoms with Gasteiger partial charge in [-0.1, -0.05) is 0 Å². The van der Waals surface area contributed by atoms with Crippen LogP contribution in [0.2, 0.25) is 0 Å². The number of carbonyl (C=O) groups is 2. The summed E-state index contributed by atoms with van der Waals surface area (Å²) in [6.07, 6.45) is 0. The van der Waals surface area contributed by atoms with E-state index < -0.39 is 11.9 Å². The molecule has 0 aliphatic rings. The molecule has 0 aliphatic carbocycles. The second-order valence-electron chi connectivity index (χ2n) is 4.40. The molecule has 23 heavy (non-hydrogen) atoms. The lowest BCUT2D eigenvalue weighted by Crippen LogP contribution is -2.15. The van der Waals surface area contributed by atoms with Gasteiger partial charge in [0.1, 0.15) is 16.5 Å². The summed E-state index contributed by atoms with van der Waals surface area (Å²) in [6, 6.07) is 6.53. The first-order chi connectivity index (χ1) is 11.1. The molecule has 0 bridgehead atoms. The molecule has 1 aromatic heterocycles. The standard InChI is InChI=1S/C16H17NO5S/c1-4-22-16(19)11-7-8-23-15(11)17-14(18)12-9-10(20-2)5-6-13(12)21-3/h5-9H,4H2,1-3H3,(H,17,18). The highest BCUT2D eigenvalue weighted by atomic mass is 32.1. The number of amides is 1. The van der Waals surface area contributed by atoms with Crippen molar-refractivity contribution in [1.29, 1.82) is 0 Å². The van der Waals surface area contributed by atoms with Gasteiger partial charge in [0.25, 0.3) is 5.91 Å². The van der Waals surface area contributed by atoms with E-state index in [1.807, 2.05) is 0 Å². The van der Waals surface area contributed by atoms with Crippen molar-refractivity contribution in [3.8, 4) is 11.5 Å². The van der Waals surface area contributed by atoms with E-state index in [4.69, 9.17) is 14.2 Å². The van der Waals surface area contributed by atoms with Gasteiger partial charge in [-0.2, -0.15) is 0 Å². The monoisotopic (exact) mass is 335 g/mol. The number of hydrogen-bond acceptors (Lipinski definition) is 6. The van der Waals surface area contributed by atoms with Gasteiger partial charge in [0.15, 0.2) is 0 Å². The number of nitrogens with one attached hydrogen (secondary N) is 1. The van der Waals surface area contributed by atoms with Crippen molar-refractivity contribution in [2.24, 2.45) is 0 Å². The van der Waals surface area contributed by atoms with Gasteiger partial charge in [0, 0.05) is 0 Å². The Morgan fingerprint density at radius 2 is 1.91 bits per heavy atom. The Bertz CT molecular complexity index is 710. The summed E-state index contributed by atoms with van der Waals surface area (Å²) in [5, 5.41) is 4.86. The highest BCUT2D eigenvalue weighted by Gasteiger charge is 2.19. The van der Waals surface area contributed by atoms with Gasteiger partial charge in [0.05, 0.1) is 32.0 Å². The average Bonchev–Trinajstić information content (AvgIpc) is 3.02. The zero-order valence-electron chi connectivity index (χ0n) is 13.0. The van der Waals surface area contributed by atoms with E-state index in [1.54, 1.807) is 36.6 Å². The molecule has 0 atom stereocenters. The number of ether oxygens (including phenoxy) is 3. The van der Waals surface area contributed by atoms with Crippen LogP contribution in [0.1, 0.15) is 27.6 Å². The number of thiophene rings is 1. The Balaban J connectivity index is 2.26. The van der Waals surface area contributed by atoms with Gasteiger partial charge in [-0.3, -0.25) is 4.79 Å². The number of rotatable bonds is 6. The lowest BCUT2D eigenvalue weighted by Gasteiger charge is -2.11. The Hall–Kier alpha value is -2.54. The van der Waals surface area contributed by atoms with Crippen molar-refractivity contribution >= 4 is 28.2 Å². The average molecular weight is 335 g/mol. The Labute approximate surface area is 138 Å². The highest BCUT2D eigenvalue weighted by molar-refractivity contribution is 7.14. The van der Waals surface area contributed by atoms with Crippen LogP contribution in [0, 0.1) is 0 Å². The van der Waals surface area contributed by atoms with E-state index in [-0.39, 0.29) is 6.61 Å². The maximum atomic E-state index is 12.5. The number of methoxy groups -OCH3 is 2. The molecule has 122 valence electrons. The molecule has 1 heterocycles. The number of hydrogen-bond donors (Lipinski definition) is 1. The molecule has 1 amide bonds. The molecular weight excluding hydrogens is 318 g/mol. The van der Waals surface area contributed by atoms with Gasteiger partial charge < -0.3 is 19.5 Å². The summed E-state index contributed by atoms with van der Waals surface area (Å²) in [5.41, 5.74) is 0.641. The molecular formula is C16H17NO5S. The van der Waals surface area contributed by atoms with Gasteiger partial charge in [0.2, 0.25) is 0 Å². The Morgan fingerprint density at radius 3 is 2.57 bits per heavy atom. The lowest BCUT2D eigenvalue weighted by atomic mass is 10.1. The zero-order chi connectivity index (χ0) is 16.8. The van der Waals surface area contributed by atoms with E-state index >= 15 is 0 Å². The lowest BCUT2D eigenvalue weighted by molar-refractivity contribution is 0.0528. The summed E-state index contributed by atoms with van der Waals surface area (Å²) in [7, 11) is 3.00. The third-order valence-electron chi connectivity index (χ3n) is 3.04. The largest absolute Gasteiger partial charge is 0.497 e. The van der Waals surface area contributed by atoms with Crippen LogP contribution in [0.25, 0.3) is 0 Å². The minimum Gasteiger partial charge on any atom is -0.497 e. The van der Waals surface area contributed by atoms with Crippen LogP contribution in [0.15, 0.2) is 29.6 Å². The maximum Gasteiger partial charge on any atom is 0.341 e. The Morgan fingerprint density at radius 1 is 1.13 bits per heavy atom. The van der Waals surface area contributed by atoms with Crippen LogP contribution in [0.5, 0.6) is 11.5 Å². The van der Waals surface area contributed by atoms with Crippen molar-refractivity contribution in [1.82, 2.24) is 0 Å². The van der Waals surface area contributed by atoms with Crippen LogP contribution < -0.4 is 14.8 Å². The summed E-state index contributed by atoms with van der Waals surface area (Å²) >= 11 is 1.25. The molecule has 2 rings (SSSR count). The fraction of sp³-hybridized carbons (Fsp3) is 0.250. The second kappa shape index (κ2) is 7.64. The van der Waals surface area contributed by atoms with Gasteiger partial charge in [-0.15, -0.1) is 11.3 Å². The molecule has 1 N–H and O–H groups in total. The number of carbonyl (C=O) groups excluding carboxylic acids is 2. The quantitative estimate of drug-likeness (QED) is 0.821. The third kappa shape index (κ3) is 3.81. The first-order valence-electron chi connectivity index (χ1n) is 6.88. The van der Waals surface area contributed by atoms with Crippen molar-refractivity contribution < 1.29 is 23.8 Å². The van der Waals surface area contributed by atoms with E-state index in [0.717, 1.165) is 0 Å². The molecule has 0 saturated heterocycles. The van der Waals surface area contributed by atoms with E-state index in [1.165, 1.54) is 25.6 Å². The number of anilines is 1. The molecule has 0 spiro atoms. The van der Waals surface area contributed by atoms with Crippen LogP contribution in [-0.2, 0) is 4.74 Å². The van der Waals surface area contributed by atoms with E-state index in [2.05, 4.69) is 5.32 Å². The van der Waals surface area contributed by atoms with Gasteiger partial charge in [-0.05, 0) is 36.6 Å². The zero-order valence-corrected chi connectivity index (χ0v) is 13.9. The summed E-state index contributed by atoms with van der Waals surface area (Å²) < 4.78 is 15.3. The van der Waals surface area contributed by atoms with Crippen molar-refractivity contribution in [3.05, 3.63) is 40.8 Å². The van der Waals surface area contributed by atoms with Crippen LogP contribution >= 0.6 is 11.3 Å². The number of benzene rings is 1. The molecule has 6 nitrogen and oxygen atoms in total. The maximum absolute atomic E-state index is 12.5. The van der Waals surface area contributed by atoms with Crippen molar-refractivity contribution in [3.63, 3.8) is 0 Å². The minimum atomic E-state index is -0.471. The minimum absolute atomic E-state index is 0.270. The summed E-state index contributed by atoms with van der Waals surface area (Å²) in [5.74, 6) is 0.0840. The SMILES string of the molecule is CCOC(=O)c1ccsc1NC(=O)c1cc(OC)ccc1OC.